The first kappa shape index (κ1) is 29.5. The summed E-state index contributed by atoms with van der Waals surface area (Å²) >= 11 is 3.04. The molecule has 10 heteroatoms. The van der Waals surface area contributed by atoms with Crippen LogP contribution in [0.2, 0.25) is 0 Å². The van der Waals surface area contributed by atoms with Crippen LogP contribution in [0.5, 0.6) is 11.5 Å². The van der Waals surface area contributed by atoms with Gasteiger partial charge in [0.1, 0.15) is 23.1 Å². The van der Waals surface area contributed by atoms with E-state index in [1.165, 1.54) is 23.5 Å². The molecular formula is C30H28F3NO4S2. The summed E-state index contributed by atoms with van der Waals surface area (Å²) in [6, 6.07) is 18.5. The Morgan fingerprint density at radius 1 is 1.00 bits per heavy atom. The molecule has 0 bridgehead atoms. The van der Waals surface area contributed by atoms with Crippen molar-refractivity contribution in [3.63, 3.8) is 0 Å². The minimum absolute atomic E-state index is 0.154. The van der Waals surface area contributed by atoms with E-state index in [2.05, 4.69) is 0 Å². The molecule has 210 valence electrons. The number of thioether (sulfide) groups is 1. The minimum Gasteiger partial charge on any atom is -0.487 e. The predicted octanol–water partition coefficient (Wildman–Crippen LogP) is 8.26. The molecule has 40 heavy (non-hydrogen) atoms. The van der Waals surface area contributed by atoms with Gasteiger partial charge >= 0.3 is 12.1 Å². The van der Waals surface area contributed by atoms with Gasteiger partial charge in [-0.15, -0.1) is 23.1 Å². The number of nitrogens with zero attached hydrogens (tertiary/aromatic N) is 1. The van der Waals surface area contributed by atoms with Crippen molar-refractivity contribution in [3.8, 4) is 22.1 Å². The van der Waals surface area contributed by atoms with Crippen LogP contribution >= 0.6 is 23.1 Å². The number of ether oxygens (including phenoxy) is 3. The maximum absolute atomic E-state index is 13.0. The first-order valence-electron chi connectivity index (χ1n) is 12.5. The monoisotopic (exact) mass is 587 g/mol. The van der Waals surface area contributed by atoms with Crippen molar-refractivity contribution in [2.24, 2.45) is 0 Å². The number of esters is 1. The first-order chi connectivity index (χ1) is 19.1. The van der Waals surface area contributed by atoms with Gasteiger partial charge in [0, 0.05) is 21.1 Å². The van der Waals surface area contributed by atoms with Gasteiger partial charge in [-0.25, -0.2) is 9.78 Å². The largest absolute Gasteiger partial charge is 0.487 e. The number of halogens is 3. The number of aryl methyl sites for hydroxylation is 2. The second-order valence-corrected chi connectivity index (χ2v) is 11.0. The molecule has 0 radical (unpaired) electrons. The quantitative estimate of drug-likeness (QED) is 0.130. The average molecular weight is 588 g/mol. The molecule has 0 atom stereocenters. The number of alkyl halides is 3. The van der Waals surface area contributed by atoms with E-state index in [1.54, 1.807) is 18.7 Å². The van der Waals surface area contributed by atoms with E-state index in [-0.39, 0.29) is 13.2 Å². The first-order valence-corrected chi connectivity index (χ1v) is 14.3. The van der Waals surface area contributed by atoms with Gasteiger partial charge in [-0.2, -0.15) is 13.2 Å². The summed E-state index contributed by atoms with van der Waals surface area (Å²) in [4.78, 5) is 18.3. The third-order valence-corrected chi connectivity index (χ3v) is 8.12. The topological polar surface area (TPSA) is 57.7 Å². The van der Waals surface area contributed by atoms with Crippen molar-refractivity contribution in [1.29, 1.82) is 0 Å². The third-order valence-electron chi connectivity index (χ3n) is 5.77. The Kier molecular flexibility index (Phi) is 9.76. The lowest BCUT2D eigenvalue weighted by Crippen LogP contribution is -2.14. The van der Waals surface area contributed by atoms with Gasteiger partial charge in [-0.3, -0.25) is 0 Å². The lowest BCUT2D eigenvalue weighted by molar-refractivity contribution is -0.145. The zero-order valence-electron chi connectivity index (χ0n) is 22.2. The fraction of sp³-hybridized carbons (Fsp3) is 0.267. The van der Waals surface area contributed by atoms with Crippen LogP contribution in [0, 0.1) is 13.8 Å². The summed E-state index contributed by atoms with van der Waals surface area (Å²) in [5.41, 5.74) is 2.61. The second-order valence-electron chi connectivity index (χ2n) is 8.88. The number of carbonyl (C=O) groups is 1. The predicted molar refractivity (Wildman–Crippen MR) is 151 cm³/mol. The van der Waals surface area contributed by atoms with Crippen molar-refractivity contribution in [1.82, 2.24) is 4.98 Å². The van der Waals surface area contributed by atoms with Gasteiger partial charge in [0.15, 0.2) is 6.61 Å². The summed E-state index contributed by atoms with van der Waals surface area (Å²) in [6.45, 7) is 6.00. The van der Waals surface area contributed by atoms with Gasteiger partial charge in [-0.05, 0) is 74.4 Å². The molecule has 0 saturated heterocycles. The molecule has 4 rings (SSSR count). The Labute approximate surface area is 239 Å². The van der Waals surface area contributed by atoms with E-state index in [0.717, 1.165) is 44.5 Å². The number of carbonyl (C=O) groups excluding carboxylic acids is 1. The normalized spacial score (nSPS) is 11.3. The lowest BCUT2D eigenvalue weighted by atomic mass is 10.1. The lowest BCUT2D eigenvalue weighted by Gasteiger charge is -2.10. The number of hydrogen-bond donors (Lipinski definition) is 0. The van der Waals surface area contributed by atoms with Crippen molar-refractivity contribution in [2.45, 2.75) is 44.2 Å². The fourth-order valence-electron chi connectivity index (χ4n) is 3.75. The highest BCUT2D eigenvalue weighted by Gasteiger charge is 2.30. The van der Waals surface area contributed by atoms with Gasteiger partial charge in [0.05, 0.1) is 17.9 Å². The van der Waals surface area contributed by atoms with Crippen LogP contribution < -0.4 is 9.47 Å². The summed E-state index contributed by atoms with van der Waals surface area (Å²) in [5.74, 6) is 1.49. The van der Waals surface area contributed by atoms with Gasteiger partial charge < -0.3 is 14.2 Å². The summed E-state index contributed by atoms with van der Waals surface area (Å²) < 4.78 is 55.6. The molecule has 0 saturated carbocycles. The molecule has 0 amide bonds. The van der Waals surface area contributed by atoms with Crippen LogP contribution in [0.3, 0.4) is 0 Å². The van der Waals surface area contributed by atoms with Crippen LogP contribution in [0.4, 0.5) is 13.2 Å². The number of rotatable bonds is 11. The fourth-order valence-corrected chi connectivity index (χ4v) is 5.92. The van der Waals surface area contributed by atoms with Crippen LogP contribution in [-0.2, 0) is 28.1 Å². The van der Waals surface area contributed by atoms with Crippen LogP contribution in [0.1, 0.15) is 34.2 Å². The third kappa shape index (κ3) is 8.02. The van der Waals surface area contributed by atoms with Crippen LogP contribution in [0.15, 0.2) is 71.6 Å². The Morgan fingerprint density at radius 3 is 2.45 bits per heavy atom. The Balaban J connectivity index is 1.51. The number of hydrogen-bond acceptors (Lipinski definition) is 7. The number of thiazole rings is 1. The molecule has 0 unspecified atom stereocenters. The number of aromatic nitrogens is 1. The van der Waals surface area contributed by atoms with Gasteiger partial charge in [0.25, 0.3) is 0 Å². The molecule has 3 aromatic carbocycles. The second kappa shape index (κ2) is 13.2. The average Bonchev–Trinajstić information content (AvgIpc) is 3.33. The molecule has 0 aliphatic carbocycles. The highest BCUT2D eigenvalue weighted by Crippen LogP contribution is 2.36. The molecule has 0 spiro atoms. The minimum atomic E-state index is -4.40. The molecule has 0 aliphatic rings. The standard InChI is InChI=1S/C30H28F3NO4S2/c1-4-36-28(35)17-38-26-13-12-24(15-20(26)3)39-18-27-25(16-37-23-7-5-6-19(2)14-23)34-29(40-27)21-8-10-22(11-9-21)30(31,32)33/h5-15H,4,16-18H2,1-3H3. The van der Waals surface area contributed by atoms with E-state index in [4.69, 9.17) is 19.2 Å². The van der Waals surface area contributed by atoms with Crippen LogP contribution in [-0.4, -0.2) is 24.2 Å². The zero-order valence-corrected chi connectivity index (χ0v) is 23.8. The molecule has 0 fully saturated rings. The van der Waals surface area contributed by atoms with Crippen molar-refractivity contribution < 1.29 is 32.2 Å². The Hall–Kier alpha value is -3.50. The van der Waals surface area contributed by atoms with Crippen molar-refractivity contribution in [2.75, 3.05) is 13.2 Å². The molecule has 1 aromatic heterocycles. The number of benzene rings is 3. The molecule has 0 N–H and O–H groups in total. The van der Waals surface area contributed by atoms with E-state index < -0.39 is 17.7 Å². The molecule has 5 nitrogen and oxygen atoms in total. The highest BCUT2D eigenvalue weighted by atomic mass is 32.2. The summed E-state index contributed by atoms with van der Waals surface area (Å²) in [6.07, 6.45) is -4.40. The molecule has 1 heterocycles. The molecule has 0 aliphatic heterocycles. The highest BCUT2D eigenvalue weighted by molar-refractivity contribution is 7.98. The van der Waals surface area contributed by atoms with Crippen molar-refractivity contribution in [3.05, 3.63) is 94.0 Å². The molecule has 4 aromatic rings. The maximum atomic E-state index is 13.0. The zero-order chi connectivity index (χ0) is 28.7. The van der Waals surface area contributed by atoms with E-state index in [0.29, 0.717) is 28.7 Å². The SMILES string of the molecule is CCOC(=O)COc1ccc(SCc2sc(-c3ccc(C(F)(F)F)cc3)nc2COc2cccc(C)c2)cc1C. The summed E-state index contributed by atoms with van der Waals surface area (Å²) in [7, 11) is 0. The van der Waals surface area contributed by atoms with Crippen LogP contribution in [0.25, 0.3) is 10.6 Å². The van der Waals surface area contributed by atoms with Crippen molar-refractivity contribution >= 4 is 29.1 Å². The maximum Gasteiger partial charge on any atom is 0.416 e. The summed E-state index contributed by atoms with van der Waals surface area (Å²) in [5, 5.41) is 0.631. The molecular weight excluding hydrogens is 559 g/mol. The van der Waals surface area contributed by atoms with E-state index >= 15 is 0 Å². The Morgan fingerprint density at radius 2 is 1.77 bits per heavy atom. The Bertz CT molecular complexity index is 1450. The van der Waals surface area contributed by atoms with Gasteiger partial charge in [-0.1, -0.05) is 24.3 Å². The smallest absolute Gasteiger partial charge is 0.416 e. The van der Waals surface area contributed by atoms with E-state index in [9.17, 15) is 18.0 Å². The van der Waals surface area contributed by atoms with Gasteiger partial charge in [0.2, 0.25) is 0 Å². The van der Waals surface area contributed by atoms with E-state index in [1.807, 2.05) is 56.3 Å².